The van der Waals surface area contributed by atoms with E-state index >= 15 is 0 Å². The number of ether oxygens (including phenoxy) is 1. The summed E-state index contributed by atoms with van der Waals surface area (Å²) in [4.78, 5) is 10.9. The highest BCUT2D eigenvalue weighted by molar-refractivity contribution is 6.00. The van der Waals surface area contributed by atoms with Gasteiger partial charge in [-0.3, -0.25) is 4.79 Å². The number of rotatable bonds is 6. The zero-order chi connectivity index (χ0) is 22.6. The van der Waals surface area contributed by atoms with E-state index in [0.717, 1.165) is 0 Å². The van der Waals surface area contributed by atoms with Crippen LogP contribution in [0.4, 0.5) is 57.1 Å². The first kappa shape index (κ1) is 24.2. The molecular formula is C13H7F13O2. The molecule has 0 aromatic carbocycles. The summed E-state index contributed by atoms with van der Waals surface area (Å²) in [6.07, 6.45) is -7.86. The molecule has 28 heavy (non-hydrogen) atoms. The van der Waals surface area contributed by atoms with E-state index in [1.54, 1.807) is 0 Å². The van der Waals surface area contributed by atoms with Crippen LogP contribution in [0, 0.1) is 0 Å². The van der Waals surface area contributed by atoms with Gasteiger partial charge in [0.15, 0.2) is 11.4 Å². The Morgan fingerprint density at radius 3 is 1.36 bits per heavy atom. The molecular weight excluding hydrogens is 435 g/mol. The Morgan fingerprint density at radius 1 is 0.679 bits per heavy atom. The number of alkyl halides is 13. The molecule has 15 heteroatoms. The quantitative estimate of drug-likeness (QED) is 0.553. The molecule has 0 aromatic rings. The summed E-state index contributed by atoms with van der Waals surface area (Å²) >= 11 is 0. The van der Waals surface area contributed by atoms with E-state index in [-0.39, 0.29) is 31.4 Å². The Hall–Kier alpha value is -1.80. The van der Waals surface area contributed by atoms with Gasteiger partial charge in [-0.15, -0.1) is 0 Å². The van der Waals surface area contributed by atoms with Gasteiger partial charge in [-0.05, 0) is 24.3 Å². The van der Waals surface area contributed by atoms with Crippen LogP contribution in [0.5, 0.6) is 0 Å². The first-order chi connectivity index (χ1) is 12.2. The van der Waals surface area contributed by atoms with Crippen molar-refractivity contribution < 1.29 is 66.6 Å². The maximum Gasteiger partial charge on any atom is 0.460 e. The van der Waals surface area contributed by atoms with Crippen LogP contribution < -0.4 is 0 Å². The summed E-state index contributed by atoms with van der Waals surface area (Å²) in [6, 6.07) is 0. The minimum atomic E-state index is -8.00. The lowest BCUT2D eigenvalue weighted by Gasteiger charge is -2.44. The fourth-order valence-corrected chi connectivity index (χ4v) is 2.01. The van der Waals surface area contributed by atoms with Crippen molar-refractivity contribution in [1.29, 1.82) is 0 Å². The molecule has 0 atom stereocenters. The number of ketones is 1. The molecule has 1 aliphatic carbocycles. The molecule has 2 nitrogen and oxygen atoms in total. The normalized spacial score (nSPS) is 19.3. The Kier molecular flexibility index (Phi) is 5.50. The summed E-state index contributed by atoms with van der Waals surface area (Å²) in [7, 11) is 0.176. The Balaban J connectivity index is 3.64. The lowest BCUT2D eigenvalue weighted by molar-refractivity contribution is -0.446. The van der Waals surface area contributed by atoms with Gasteiger partial charge >= 0.3 is 35.8 Å². The molecule has 0 saturated carbocycles. The molecule has 0 heterocycles. The second-order valence-electron chi connectivity index (χ2n) is 5.44. The van der Waals surface area contributed by atoms with Crippen molar-refractivity contribution in [1.82, 2.24) is 0 Å². The predicted molar refractivity (Wildman–Crippen MR) is 63.8 cm³/mol. The number of halogens is 13. The Labute approximate surface area is 146 Å². The fraction of sp³-hybridized carbons (Fsp3) is 0.615. The number of methoxy groups -OCH3 is 1. The maximum atomic E-state index is 14.2. The van der Waals surface area contributed by atoms with Crippen LogP contribution in [0.1, 0.15) is 0 Å². The molecule has 162 valence electrons. The lowest BCUT2D eigenvalue weighted by Crippen LogP contribution is -2.73. The molecule has 0 unspecified atom stereocenters. The lowest BCUT2D eigenvalue weighted by atomic mass is 9.82. The largest absolute Gasteiger partial charge is 0.460 e. The van der Waals surface area contributed by atoms with E-state index < -0.39 is 47.2 Å². The van der Waals surface area contributed by atoms with Crippen LogP contribution in [0.25, 0.3) is 0 Å². The van der Waals surface area contributed by atoms with Gasteiger partial charge in [-0.1, -0.05) is 0 Å². The van der Waals surface area contributed by atoms with E-state index in [0.29, 0.717) is 0 Å². The van der Waals surface area contributed by atoms with Crippen molar-refractivity contribution in [3.8, 4) is 0 Å². The third kappa shape index (κ3) is 2.88. The number of hydrogen-bond acceptors (Lipinski definition) is 2. The van der Waals surface area contributed by atoms with Crippen molar-refractivity contribution in [2.24, 2.45) is 0 Å². The van der Waals surface area contributed by atoms with E-state index in [2.05, 4.69) is 4.74 Å². The van der Waals surface area contributed by atoms with Crippen LogP contribution >= 0.6 is 0 Å². The fourth-order valence-electron chi connectivity index (χ4n) is 2.01. The molecule has 1 rings (SSSR count). The van der Waals surface area contributed by atoms with Crippen molar-refractivity contribution >= 4 is 5.78 Å². The SMILES string of the molecule is COC1(C(F)(F)C(F)(F)C(F)(F)C(F)(F)C(F)(F)C(F)(F)F)C=CC(=O)C=C1. The first-order valence-corrected chi connectivity index (χ1v) is 6.59. The summed E-state index contributed by atoms with van der Waals surface area (Å²) < 4.78 is 175. The highest BCUT2D eigenvalue weighted by atomic mass is 19.4. The van der Waals surface area contributed by atoms with Crippen molar-refractivity contribution in [2.75, 3.05) is 7.11 Å². The molecule has 0 aliphatic heterocycles. The number of carbonyl (C=O) groups excluding carboxylic acids is 1. The van der Waals surface area contributed by atoms with E-state index in [4.69, 9.17) is 0 Å². The molecule has 0 N–H and O–H groups in total. The van der Waals surface area contributed by atoms with E-state index in [1.807, 2.05) is 0 Å². The summed E-state index contributed by atoms with van der Waals surface area (Å²) in [5, 5.41) is 0. The average molecular weight is 442 g/mol. The molecule has 0 fully saturated rings. The number of carbonyl (C=O) groups is 1. The number of allylic oxidation sites excluding steroid dienone is 2. The average Bonchev–Trinajstić information content (AvgIpc) is 2.53. The van der Waals surface area contributed by atoms with Crippen LogP contribution in [-0.4, -0.2) is 54.3 Å². The minimum Gasteiger partial charge on any atom is -0.363 e. The minimum absolute atomic E-state index is 0.0775. The maximum absolute atomic E-state index is 14.2. The third-order valence-electron chi connectivity index (χ3n) is 3.75. The van der Waals surface area contributed by atoms with Crippen LogP contribution in [-0.2, 0) is 9.53 Å². The predicted octanol–water partition coefficient (Wildman–Crippen LogP) is 4.81. The van der Waals surface area contributed by atoms with Gasteiger partial charge in [0.2, 0.25) is 0 Å². The zero-order valence-corrected chi connectivity index (χ0v) is 13.0. The molecule has 0 bridgehead atoms. The van der Waals surface area contributed by atoms with E-state index in [9.17, 15) is 61.9 Å². The van der Waals surface area contributed by atoms with Gasteiger partial charge < -0.3 is 4.74 Å². The molecule has 0 radical (unpaired) electrons. The second kappa shape index (κ2) is 6.35. The molecule has 0 amide bonds. The van der Waals surface area contributed by atoms with Gasteiger partial charge in [0.25, 0.3) is 0 Å². The first-order valence-electron chi connectivity index (χ1n) is 6.59. The standard InChI is InChI=1S/C13H7F13O2/c1-28-7(4-2-6(27)3-5-7)8(14,15)9(16,17)10(18,19)11(20,21)12(22,23)13(24,25)26/h2-5H,1H3. The summed E-state index contributed by atoms with van der Waals surface area (Å²) in [5.74, 6) is -39.0. The Morgan fingerprint density at radius 2 is 1.04 bits per heavy atom. The monoisotopic (exact) mass is 442 g/mol. The number of hydrogen-bond donors (Lipinski definition) is 0. The van der Waals surface area contributed by atoms with Crippen LogP contribution in [0.3, 0.4) is 0 Å². The molecule has 0 saturated heterocycles. The third-order valence-corrected chi connectivity index (χ3v) is 3.75. The van der Waals surface area contributed by atoms with Crippen LogP contribution in [0.2, 0.25) is 0 Å². The van der Waals surface area contributed by atoms with Gasteiger partial charge in [0.1, 0.15) is 0 Å². The highest BCUT2D eigenvalue weighted by Gasteiger charge is 2.92. The molecule has 1 aliphatic rings. The van der Waals surface area contributed by atoms with Gasteiger partial charge in [-0.2, -0.15) is 57.1 Å². The smallest absolute Gasteiger partial charge is 0.363 e. The van der Waals surface area contributed by atoms with Gasteiger partial charge in [0, 0.05) is 7.11 Å². The Bertz CT molecular complexity index is 671. The second-order valence-corrected chi connectivity index (χ2v) is 5.44. The van der Waals surface area contributed by atoms with Gasteiger partial charge in [-0.25, -0.2) is 0 Å². The summed E-state index contributed by atoms with van der Waals surface area (Å²) in [6.45, 7) is 0. The van der Waals surface area contributed by atoms with Crippen molar-refractivity contribution in [3.05, 3.63) is 24.3 Å². The van der Waals surface area contributed by atoms with Crippen LogP contribution in [0.15, 0.2) is 24.3 Å². The van der Waals surface area contributed by atoms with E-state index in [1.165, 1.54) is 0 Å². The highest BCUT2D eigenvalue weighted by Crippen LogP contribution is 2.62. The van der Waals surface area contributed by atoms with Crippen molar-refractivity contribution in [2.45, 2.75) is 41.4 Å². The topological polar surface area (TPSA) is 26.3 Å². The van der Waals surface area contributed by atoms with Crippen molar-refractivity contribution in [3.63, 3.8) is 0 Å². The van der Waals surface area contributed by atoms with Gasteiger partial charge in [0.05, 0.1) is 0 Å². The summed E-state index contributed by atoms with van der Waals surface area (Å²) in [5.41, 5.74) is -4.04. The molecule has 0 aromatic heterocycles. The molecule has 0 spiro atoms. The zero-order valence-electron chi connectivity index (χ0n) is 13.0.